The molecule has 0 aliphatic carbocycles. The number of carbonyl (C=O) groups is 1. The Labute approximate surface area is 60.0 Å². The molecule has 0 rings (SSSR count). The molecule has 0 bridgehead atoms. The Morgan fingerprint density at radius 3 is 2.50 bits per heavy atom. The number of aliphatic hydroxyl groups is 1. The molecule has 0 saturated heterocycles. The monoisotopic (exact) mass is 143 g/mol. The summed E-state index contributed by atoms with van der Waals surface area (Å²) >= 11 is 0. The summed E-state index contributed by atoms with van der Waals surface area (Å²) in [6.07, 6.45) is 1.53. The number of hydrogen-bond acceptors (Lipinski definition) is 3. The largest absolute Gasteiger partial charge is 0.547 e. The average molecular weight is 143 g/mol. The summed E-state index contributed by atoms with van der Waals surface area (Å²) in [5.41, 5.74) is -1.72. The van der Waals surface area contributed by atoms with E-state index in [0.717, 1.165) is 0 Å². The highest BCUT2D eigenvalue weighted by molar-refractivity contribution is 5.75. The maximum absolute atomic E-state index is 10.2. The fourth-order valence-electron chi connectivity index (χ4n) is 0.611. The minimum absolute atomic E-state index is 0.0336. The van der Waals surface area contributed by atoms with Crippen LogP contribution in [0.25, 0.3) is 0 Å². The molecule has 0 aromatic rings. The highest BCUT2D eigenvalue weighted by atomic mass is 16.4. The second-order valence-electron chi connectivity index (χ2n) is 2.17. The van der Waals surface area contributed by atoms with Crippen LogP contribution in [-0.2, 0) is 4.79 Å². The van der Waals surface area contributed by atoms with Crippen LogP contribution < -0.4 is 5.11 Å². The quantitative estimate of drug-likeness (QED) is 0.537. The number of carboxylic acid groups (broad SMARTS) is 1. The molecule has 3 heteroatoms. The molecule has 1 atom stereocenters. The van der Waals surface area contributed by atoms with E-state index in [1.807, 2.05) is 0 Å². The van der Waals surface area contributed by atoms with Crippen LogP contribution in [0.4, 0.5) is 0 Å². The van der Waals surface area contributed by atoms with E-state index in [4.69, 9.17) is 5.11 Å². The third kappa shape index (κ3) is 1.84. The Balaban J connectivity index is 4.21. The van der Waals surface area contributed by atoms with E-state index in [9.17, 15) is 9.90 Å². The third-order valence-electron chi connectivity index (χ3n) is 1.45. The zero-order chi connectivity index (χ0) is 8.20. The van der Waals surface area contributed by atoms with Crippen LogP contribution in [0.2, 0.25) is 0 Å². The van der Waals surface area contributed by atoms with Crippen molar-refractivity contribution in [1.82, 2.24) is 0 Å². The number of carboxylic acids is 1. The van der Waals surface area contributed by atoms with E-state index in [-0.39, 0.29) is 12.8 Å². The zero-order valence-electron chi connectivity index (χ0n) is 5.96. The van der Waals surface area contributed by atoms with Gasteiger partial charge < -0.3 is 15.0 Å². The first kappa shape index (κ1) is 9.17. The molecule has 0 aromatic heterocycles. The van der Waals surface area contributed by atoms with Crippen molar-refractivity contribution in [3.63, 3.8) is 0 Å². The molecule has 0 spiro atoms. The Morgan fingerprint density at radius 2 is 2.40 bits per heavy atom. The minimum atomic E-state index is -1.72. The van der Waals surface area contributed by atoms with Crippen molar-refractivity contribution in [2.24, 2.45) is 0 Å². The van der Waals surface area contributed by atoms with Gasteiger partial charge in [0, 0.05) is 0 Å². The van der Waals surface area contributed by atoms with E-state index in [0.29, 0.717) is 0 Å². The molecule has 58 valence electrons. The van der Waals surface area contributed by atoms with E-state index >= 15 is 0 Å². The van der Waals surface area contributed by atoms with Crippen LogP contribution in [0, 0.1) is 0 Å². The standard InChI is InChI=1S/C7H12O3/c1-3-5-7(10,4-2)6(8)9/h3,10H,1,4-5H2,2H3,(H,8,9)/p-1. The van der Waals surface area contributed by atoms with Gasteiger partial charge in [0.1, 0.15) is 5.60 Å². The lowest BCUT2D eigenvalue weighted by Crippen LogP contribution is -2.47. The third-order valence-corrected chi connectivity index (χ3v) is 1.45. The van der Waals surface area contributed by atoms with Gasteiger partial charge in [0.2, 0.25) is 0 Å². The maximum Gasteiger partial charge on any atom is 0.107 e. The second-order valence-corrected chi connectivity index (χ2v) is 2.17. The second kappa shape index (κ2) is 3.37. The smallest absolute Gasteiger partial charge is 0.107 e. The predicted molar refractivity (Wildman–Crippen MR) is 35.1 cm³/mol. The highest BCUT2D eigenvalue weighted by Crippen LogP contribution is 2.13. The van der Waals surface area contributed by atoms with Crippen LogP contribution in [0.3, 0.4) is 0 Å². The molecule has 0 aliphatic heterocycles. The Morgan fingerprint density at radius 1 is 1.90 bits per heavy atom. The lowest BCUT2D eigenvalue weighted by molar-refractivity contribution is -0.324. The SMILES string of the molecule is C=CCC(O)(CC)C(=O)[O-]. The van der Waals surface area contributed by atoms with Crippen molar-refractivity contribution in [2.75, 3.05) is 0 Å². The first-order chi connectivity index (χ1) is 4.56. The number of rotatable bonds is 4. The first-order valence-corrected chi connectivity index (χ1v) is 3.11. The van der Waals surface area contributed by atoms with Crippen LogP contribution in [0.15, 0.2) is 12.7 Å². The van der Waals surface area contributed by atoms with Gasteiger partial charge in [-0.15, -0.1) is 6.58 Å². The molecule has 0 fully saturated rings. The number of hydrogen-bond donors (Lipinski definition) is 1. The molecule has 1 unspecified atom stereocenters. The molecular formula is C7H11O3-. The normalized spacial score (nSPS) is 15.8. The van der Waals surface area contributed by atoms with Crippen molar-refractivity contribution in [1.29, 1.82) is 0 Å². The average Bonchev–Trinajstić information content (AvgIpc) is 1.88. The van der Waals surface area contributed by atoms with Crippen molar-refractivity contribution >= 4 is 5.97 Å². The molecule has 0 amide bonds. The minimum Gasteiger partial charge on any atom is -0.547 e. The molecule has 0 radical (unpaired) electrons. The van der Waals surface area contributed by atoms with Gasteiger partial charge in [-0.25, -0.2) is 0 Å². The lowest BCUT2D eigenvalue weighted by atomic mass is 9.97. The van der Waals surface area contributed by atoms with E-state index in [2.05, 4.69) is 6.58 Å². The van der Waals surface area contributed by atoms with Crippen LogP contribution in [-0.4, -0.2) is 16.7 Å². The van der Waals surface area contributed by atoms with Gasteiger partial charge >= 0.3 is 0 Å². The van der Waals surface area contributed by atoms with E-state index < -0.39 is 11.6 Å². The summed E-state index contributed by atoms with van der Waals surface area (Å²) in [6.45, 7) is 4.91. The van der Waals surface area contributed by atoms with Gasteiger partial charge in [-0.1, -0.05) is 13.0 Å². The van der Waals surface area contributed by atoms with E-state index in [1.165, 1.54) is 6.08 Å². The summed E-state index contributed by atoms with van der Waals surface area (Å²) in [5, 5.41) is 19.4. The summed E-state index contributed by atoms with van der Waals surface area (Å²) in [4.78, 5) is 10.2. The molecule has 3 nitrogen and oxygen atoms in total. The zero-order valence-corrected chi connectivity index (χ0v) is 5.96. The van der Waals surface area contributed by atoms with Crippen molar-refractivity contribution in [3.05, 3.63) is 12.7 Å². The van der Waals surface area contributed by atoms with Gasteiger partial charge in [0.05, 0.1) is 5.97 Å². The van der Waals surface area contributed by atoms with Crippen molar-refractivity contribution in [3.8, 4) is 0 Å². The van der Waals surface area contributed by atoms with E-state index in [1.54, 1.807) is 6.92 Å². The summed E-state index contributed by atoms with van der Waals surface area (Å²) in [6, 6.07) is 0. The molecule has 0 heterocycles. The summed E-state index contributed by atoms with van der Waals surface area (Å²) < 4.78 is 0. The molecule has 10 heavy (non-hydrogen) atoms. The summed E-state index contributed by atoms with van der Waals surface area (Å²) in [7, 11) is 0. The summed E-state index contributed by atoms with van der Waals surface area (Å²) in [5.74, 6) is -1.44. The predicted octanol–water partition coefficient (Wildman–Crippen LogP) is -0.547. The Hall–Kier alpha value is -0.830. The van der Waals surface area contributed by atoms with Gasteiger partial charge in [-0.3, -0.25) is 0 Å². The molecule has 0 aromatic carbocycles. The van der Waals surface area contributed by atoms with Crippen molar-refractivity contribution in [2.45, 2.75) is 25.4 Å². The fourth-order valence-corrected chi connectivity index (χ4v) is 0.611. The number of aliphatic carboxylic acids is 1. The highest BCUT2D eigenvalue weighted by Gasteiger charge is 2.23. The lowest BCUT2D eigenvalue weighted by Gasteiger charge is -2.25. The van der Waals surface area contributed by atoms with Crippen molar-refractivity contribution < 1.29 is 15.0 Å². The Kier molecular flexibility index (Phi) is 3.09. The Bertz CT molecular complexity index is 142. The van der Waals surface area contributed by atoms with Crippen LogP contribution in [0.5, 0.6) is 0 Å². The van der Waals surface area contributed by atoms with Gasteiger partial charge in [-0.2, -0.15) is 0 Å². The maximum atomic E-state index is 10.2. The topological polar surface area (TPSA) is 60.4 Å². The number of carbonyl (C=O) groups excluding carboxylic acids is 1. The van der Waals surface area contributed by atoms with Gasteiger partial charge in [0.15, 0.2) is 0 Å². The van der Waals surface area contributed by atoms with Gasteiger partial charge in [-0.05, 0) is 12.8 Å². The van der Waals surface area contributed by atoms with Crippen LogP contribution >= 0.6 is 0 Å². The molecular weight excluding hydrogens is 132 g/mol. The molecule has 0 saturated carbocycles. The van der Waals surface area contributed by atoms with Gasteiger partial charge in [0.25, 0.3) is 0 Å². The fraction of sp³-hybridized carbons (Fsp3) is 0.571. The first-order valence-electron chi connectivity index (χ1n) is 3.11. The van der Waals surface area contributed by atoms with Crippen LogP contribution in [0.1, 0.15) is 19.8 Å². The molecule has 1 N–H and O–H groups in total. The molecule has 0 aliphatic rings.